The van der Waals surface area contributed by atoms with Crippen LogP contribution in [0.1, 0.15) is 98.9 Å². The van der Waals surface area contributed by atoms with Crippen LogP contribution in [0.2, 0.25) is 0 Å². The molecule has 2 aliphatic rings. The fraction of sp³-hybridized carbons (Fsp3) is 0.450. The summed E-state index contributed by atoms with van der Waals surface area (Å²) in [5, 5.41) is 21.2. The van der Waals surface area contributed by atoms with Gasteiger partial charge in [0.05, 0.1) is 18.8 Å². The van der Waals surface area contributed by atoms with Gasteiger partial charge in [0.25, 0.3) is 0 Å². The molecule has 1 aliphatic heterocycles. The van der Waals surface area contributed by atoms with Gasteiger partial charge in [-0.15, -0.1) is 6.58 Å². The lowest BCUT2D eigenvalue weighted by Crippen LogP contribution is -2.43. The molecule has 3 atom stereocenters. The Morgan fingerprint density at radius 2 is 1.57 bits per heavy atom. The third-order valence-corrected chi connectivity index (χ3v) is 9.68. The monoisotopic (exact) mass is 669 g/mol. The number of hydroxylamine groups is 1. The van der Waals surface area contributed by atoms with Crippen LogP contribution in [-0.4, -0.2) is 52.3 Å². The number of carbonyl (C=O) groups is 2. The van der Waals surface area contributed by atoms with Gasteiger partial charge >= 0.3 is 0 Å². The van der Waals surface area contributed by atoms with Crippen LogP contribution in [0.4, 0.5) is 0 Å². The van der Waals surface area contributed by atoms with Crippen molar-refractivity contribution in [3.63, 3.8) is 0 Å². The van der Waals surface area contributed by atoms with Gasteiger partial charge in [-0.2, -0.15) is 0 Å². The van der Waals surface area contributed by atoms with E-state index in [0.717, 1.165) is 59.3 Å². The molecule has 49 heavy (non-hydrogen) atoms. The van der Waals surface area contributed by atoms with E-state index in [4.69, 9.17) is 14.7 Å². The number of ether oxygens (including phenoxy) is 2. The van der Waals surface area contributed by atoms with Gasteiger partial charge < -0.3 is 19.9 Å². The van der Waals surface area contributed by atoms with E-state index in [1.54, 1.807) is 5.48 Å². The smallest absolute Gasteiger partial charge is 0.243 e. The summed E-state index contributed by atoms with van der Waals surface area (Å²) in [6.07, 6.45) is 9.69. The van der Waals surface area contributed by atoms with Gasteiger partial charge in [0.2, 0.25) is 11.8 Å². The molecule has 3 aromatic rings. The molecule has 9 heteroatoms. The van der Waals surface area contributed by atoms with Crippen molar-refractivity contribution in [1.29, 1.82) is 0 Å². The molecule has 1 aliphatic carbocycles. The highest BCUT2D eigenvalue weighted by Gasteiger charge is 2.34. The van der Waals surface area contributed by atoms with Crippen molar-refractivity contribution in [2.24, 2.45) is 0 Å². The van der Waals surface area contributed by atoms with Crippen LogP contribution in [0.25, 0.3) is 11.1 Å². The average molecular weight is 670 g/mol. The van der Waals surface area contributed by atoms with E-state index in [0.29, 0.717) is 31.8 Å². The van der Waals surface area contributed by atoms with E-state index in [2.05, 4.69) is 47.1 Å². The van der Waals surface area contributed by atoms with E-state index in [1.165, 1.54) is 25.7 Å². The molecular weight excluding hydrogens is 618 g/mol. The zero-order valence-corrected chi connectivity index (χ0v) is 28.4. The first kappa shape index (κ1) is 36.4. The standard InChI is InChI=1S/C40H51N3O6/c1-2-24-43(34-11-7-8-12-34)27-35-25-37(31-18-16-29(28-44)17-19-31)49-40(48-35)32-22-20-30(21-23-32)36-13-9-6-10-33(36)26-41-38(45)14-4-3-5-15-39(46)42-47/h2,6,9-10,13,16-23,34-35,37,40,44,47H,1,3-5,7-8,11-12,14-15,24-28H2,(H,41,45)(H,42,46)/t35-,37+,40+/m0/s1. The Kier molecular flexibility index (Phi) is 14.0. The molecule has 2 amide bonds. The van der Waals surface area contributed by atoms with Crippen molar-refractivity contribution in [3.05, 3.63) is 108 Å². The lowest BCUT2D eigenvalue weighted by atomic mass is 9.97. The van der Waals surface area contributed by atoms with Gasteiger partial charge in [-0.3, -0.25) is 19.7 Å². The summed E-state index contributed by atoms with van der Waals surface area (Å²) < 4.78 is 13.3. The molecule has 0 unspecified atom stereocenters. The van der Waals surface area contributed by atoms with Crippen molar-refractivity contribution in [3.8, 4) is 11.1 Å². The largest absolute Gasteiger partial charge is 0.392 e. The number of nitrogens with one attached hydrogen (secondary N) is 2. The molecule has 0 bridgehead atoms. The first-order valence-electron chi connectivity index (χ1n) is 17.7. The molecule has 0 aromatic heterocycles. The second kappa shape index (κ2) is 18.8. The van der Waals surface area contributed by atoms with Crippen LogP contribution in [-0.2, 0) is 32.2 Å². The molecular formula is C40H51N3O6. The number of amides is 2. The van der Waals surface area contributed by atoms with Gasteiger partial charge in [-0.1, -0.05) is 98.1 Å². The normalized spacial score (nSPS) is 19.5. The Morgan fingerprint density at radius 1 is 0.878 bits per heavy atom. The Bertz CT molecular complexity index is 1490. The van der Waals surface area contributed by atoms with E-state index >= 15 is 0 Å². The number of hydrogen-bond acceptors (Lipinski definition) is 7. The molecule has 0 spiro atoms. The molecule has 1 saturated carbocycles. The van der Waals surface area contributed by atoms with Gasteiger partial charge in [-0.25, -0.2) is 5.48 Å². The number of aliphatic hydroxyl groups excluding tert-OH is 1. The third-order valence-electron chi connectivity index (χ3n) is 9.68. The summed E-state index contributed by atoms with van der Waals surface area (Å²) >= 11 is 0. The predicted molar refractivity (Wildman–Crippen MR) is 189 cm³/mol. The number of unbranched alkanes of at least 4 members (excludes halogenated alkanes) is 2. The first-order chi connectivity index (χ1) is 24.0. The minimum atomic E-state index is -0.531. The zero-order valence-electron chi connectivity index (χ0n) is 28.4. The summed E-state index contributed by atoms with van der Waals surface area (Å²) in [7, 11) is 0. The summed E-state index contributed by atoms with van der Waals surface area (Å²) in [6, 6.07) is 24.9. The highest BCUT2D eigenvalue weighted by atomic mass is 16.7. The van der Waals surface area contributed by atoms with Crippen LogP contribution < -0.4 is 10.8 Å². The number of carbonyl (C=O) groups excluding carboxylic acids is 2. The van der Waals surface area contributed by atoms with Gasteiger partial charge in [0, 0.05) is 50.5 Å². The molecule has 1 saturated heterocycles. The van der Waals surface area contributed by atoms with Gasteiger partial charge in [0.1, 0.15) is 0 Å². The van der Waals surface area contributed by atoms with Gasteiger partial charge in [0.15, 0.2) is 6.29 Å². The maximum Gasteiger partial charge on any atom is 0.243 e. The second-order valence-electron chi connectivity index (χ2n) is 13.2. The second-order valence-corrected chi connectivity index (χ2v) is 13.2. The molecule has 9 nitrogen and oxygen atoms in total. The van der Waals surface area contributed by atoms with E-state index in [-0.39, 0.29) is 31.1 Å². The first-order valence-corrected chi connectivity index (χ1v) is 17.7. The maximum atomic E-state index is 12.5. The molecule has 4 N–H and O–H groups in total. The molecule has 262 valence electrons. The molecule has 0 radical (unpaired) electrons. The average Bonchev–Trinajstić information content (AvgIpc) is 3.69. The molecule has 3 aromatic carbocycles. The topological polar surface area (TPSA) is 120 Å². The number of aliphatic hydroxyl groups is 1. The molecule has 5 rings (SSSR count). The van der Waals surface area contributed by atoms with Crippen molar-refractivity contribution < 1.29 is 29.4 Å². The van der Waals surface area contributed by atoms with E-state index < -0.39 is 12.2 Å². The fourth-order valence-electron chi connectivity index (χ4n) is 6.96. The quantitative estimate of drug-likeness (QED) is 0.0535. The third kappa shape index (κ3) is 10.6. The SMILES string of the molecule is C=CCN(C[C@@H]1C[C@H](c2ccc(CO)cc2)O[C@H](c2ccc(-c3ccccc3CNC(=O)CCCCCC(=O)NO)cc2)O1)C1CCCC1. The number of benzene rings is 3. The highest BCUT2D eigenvalue weighted by Crippen LogP contribution is 2.39. The Morgan fingerprint density at radius 3 is 2.27 bits per heavy atom. The van der Waals surface area contributed by atoms with Crippen LogP contribution in [0.3, 0.4) is 0 Å². The van der Waals surface area contributed by atoms with Crippen molar-refractivity contribution >= 4 is 11.8 Å². The van der Waals surface area contributed by atoms with Crippen LogP contribution in [0, 0.1) is 0 Å². The summed E-state index contributed by atoms with van der Waals surface area (Å²) in [5.41, 5.74) is 7.64. The van der Waals surface area contributed by atoms with Crippen LogP contribution >= 0.6 is 0 Å². The Hall–Kier alpha value is -3.86. The summed E-state index contributed by atoms with van der Waals surface area (Å²) in [6.45, 7) is 6.11. The van der Waals surface area contributed by atoms with Gasteiger partial charge in [-0.05, 0) is 53.5 Å². The highest BCUT2D eigenvalue weighted by molar-refractivity contribution is 5.76. The predicted octanol–water partition coefficient (Wildman–Crippen LogP) is 6.89. The maximum absolute atomic E-state index is 12.5. The molecule has 2 fully saturated rings. The van der Waals surface area contributed by atoms with Crippen LogP contribution in [0.15, 0.2) is 85.5 Å². The van der Waals surface area contributed by atoms with Crippen molar-refractivity contribution in [2.45, 2.75) is 102 Å². The summed E-state index contributed by atoms with van der Waals surface area (Å²) in [5.74, 6) is -0.436. The Balaban J connectivity index is 1.25. The van der Waals surface area contributed by atoms with E-state index in [9.17, 15) is 14.7 Å². The summed E-state index contributed by atoms with van der Waals surface area (Å²) in [4.78, 5) is 26.2. The lowest BCUT2D eigenvalue weighted by molar-refractivity contribution is -0.253. The molecule has 1 heterocycles. The van der Waals surface area contributed by atoms with Crippen molar-refractivity contribution in [2.75, 3.05) is 13.1 Å². The fourth-order valence-corrected chi connectivity index (χ4v) is 6.96. The zero-order chi connectivity index (χ0) is 34.4. The number of hydrogen-bond donors (Lipinski definition) is 4. The minimum absolute atomic E-state index is 0.00889. The number of rotatable bonds is 17. The van der Waals surface area contributed by atoms with Crippen LogP contribution in [0.5, 0.6) is 0 Å². The lowest BCUT2D eigenvalue weighted by Gasteiger charge is -2.39. The van der Waals surface area contributed by atoms with Crippen molar-refractivity contribution in [1.82, 2.24) is 15.7 Å². The van der Waals surface area contributed by atoms with E-state index in [1.807, 2.05) is 48.5 Å². The minimum Gasteiger partial charge on any atom is -0.392 e. The Labute approximate surface area is 290 Å². The number of nitrogens with zero attached hydrogens (tertiary/aromatic N) is 1.